The predicted molar refractivity (Wildman–Crippen MR) is 85.9 cm³/mol. The fourth-order valence-corrected chi connectivity index (χ4v) is 2.38. The maximum Gasteiger partial charge on any atom is 0.335 e. The highest BCUT2D eigenvalue weighted by molar-refractivity contribution is 6.31. The van der Waals surface area contributed by atoms with Gasteiger partial charge in [-0.2, -0.15) is 0 Å². The molecule has 1 N–H and O–H groups in total. The zero-order chi connectivity index (χ0) is 15.5. The topological polar surface area (TPSA) is 38.3 Å². The summed E-state index contributed by atoms with van der Waals surface area (Å²) < 4.78 is 4.94. The van der Waals surface area contributed by atoms with Crippen molar-refractivity contribution in [3.63, 3.8) is 0 Å². The standard InChI is InChI=1S/C16H15Cl2NO2/c1-16(15(20)21-2,11-4-3-5-13(18)10-11)19-14-8-6-12(17)7-9-14/h3-10,19H,1-2H3. The van der Waals surface area contributed by atoms with Crippen LogP contribution < -0.4 is 5.32 Å². The monoisotopic (exact) mass is 323 g/mol. The molecule has 1 unspecified atom stereocenters. The molecule has 0 bridgehead atoms. The average molecular weight is 324 g/mol. The second kappa shape index (κ2) is 6.37. The SMILES string of the molecule is COC(=O)C(C)(Nc1ccc(Cl)cc1)c1cccc(Cl)c1. The number of hydrogen-bond donors (Lipinski definition) is 1. The van der Waals surface area contributed by atoms with Gasteiger partial charge in [0.25, 0.3) is 0 Å². The number of rotatable bonds is 4. The van der Waals surface area contributed by atoms with E-state index in [9.17, 15) is 4.79 Å². The molecule has 5 heteroatoms. The van der Waals surface area contributed by atoms with Gasteiger partial charge in [0.05, 0.1) is 7.11 Å². The van der Waals surface area contributed by atoms with Crippen LogP contribution in [-0.2, 0) is 15.1 Å². The number of ether oxygens (including phenoxy) is 1. The van der Waals surface area contributed by atoms with E-state index in [-0.39, 0.29) is 0 Å². The van der Waals surface area contributed by atoms with Crippen LogP contribution in [0.3, 0.4) is 0 Å². The molecule has 0 aliphatic rings. The smallest absolute Gasteiger partial charge is 0.335 e. The van der Waals surface area contributed by atoms with Crippen LogP contribution in [0.5, 0.6) is 0 Å². The first-order valence-electron chi connectivity index (χ1n) is 6.34. The molecule has 0 radical (unpaired) electrons. The molecule has 110 valence electrons. The summed E-state index contributed by atoms with van der Waals surface area (Å²) in [5.41, 5.74) is 0.428. The molecular weight excluding hydrogens is 309 g/mol. The lowest BCUT2D eigenvalue weighted by Crippen LogP contribution is -2.41. The molecular formula is C16H15Cl2NO2. The first-order chi connectivity index (χ1) is 9.95. The van der Waals surface area contributed by atoms with Crippen LogP contribution in [0, 0.1) is 0 Å². The lowest BCUT2D eigenvalue weighted by atomic mass is 9.91. The van der Waals surface area contributed by atoms with Crippen molar-refractivity contribution >= 4 is 34.9 Å². The molecule has 2 aromatic rings. The van der Waals surface area contributed by atoms with Crippen LogP contribution in [0.4, 0.5) is 5.69 Å². The van der Waals surface area contributed by atoms with E-state index in [4.69, 9.17) is 27.9 Å². The normalized spacial score (nSPS) is 13.3. The van der Waals surface area contributed by atoms with Gasteiger partial charge < -0.3 is 10.1 Å². The third kappa shape index (κ3) is 3.49. The predicted octanol–water partition coefficient (Wildman–Crippen LogP) is 4.49. The summed E-state index contributed by atoms with van der Waals surface area (Å²) in [6.07, 6.45) is 0. The van der Waals surface area contributed by atoms with E-state index in [1.165, 1.54) is 7.11 Å². The third-order valence-corrected chi connectivity index (χ3v) is 3.72. The number of methoxy groups -OCH3 is 1. The fraction of sp³-hybridized carbons (Fsp3) is 0.188. The fourth-order valence-electron chi connectivity index (χ4n) is 2.07. The summed E-state index contributed by atoms with van der Waals surface area (Å²) in [5.74, 6) is -0.403. The minimum absolute atomic E-state index is 0.403. The van der Waals surface area contributed by atoms with Crippen molar-refractivity contribution in [2.45, 2.75) is 12.5 Å². The summed E-state index contributed by atoms with van der Waals surface area (Å²) in [6.45, 7) is 1.75. The number of nitrogens with one attached hydrogen (secondary N) is 1. The van der Waals surface area contributed by atoms with E-state index in [2.05, 4.69) is 5.32 Å². The van der Waals surface area contributed by atoms with Gasteiger partial charge >= 0.3 is 5.97 Å². The van der Waals surface area contributed by atoms with Crippen LogP contribution in [0.15, 0.2) is 48.5 Å². The number of carbonyl (C=O) groups excluding carboxylic acids is 1. The van der Waals surface area contributed by atoms with Gasteiger partial charge in [0.1, 0.15) is 0 Å². The number of carbonyl (C=O) groups is 1. The molecule has 0 aromatic heterocycles. The number of benzene rings is 2. The van der Waals surface area contributed by atoms with Gasteiger partial charge in [-0.1, -0.05) is 35.3 Å². The van der Waals surface area contributed by atoms with Crippen molar-refractivity contribution in [2.24, 2.45) is 0 Å². The lowest BCUT2D eigenvalue weighted by molar-refractivity contribution is -0.145. The van der Waals surface area contributed by atoms with Crippen molar-refractivity contribution in [3.8, 4) is 0 Å². The minimum Gasteiger partial charge on any atom is -0.467 e. The zero-order valence-electron chi connectivity index (χ0n) is 11.7. The van der Waals surface area contributed by atoms with Crippen LogP contribution in [-0.4, -0.2) is 13.1 Å². The Morgan fingerprint density at radius 3 is 2.33 bits per heavy atom. The first-order valence-corrected chi connectivity index (χ1v) is 7.09. The Kier molecular flexibility index (Phi) is 4.76. The molecule has 1 atom stereocenters. The van der Waals surface area contributed by atoms with Crippen molar-refractivity contribution < 1.29 is 9.53 Å². The van der Waals surface area contributed by atoms with Gasteiger partial charge in [-0.3, -0.25) is 0 Å². The van der Waals surface area contributed by atoms with Gasteiger partial charge in [-0.05, 0) is 48.9 Å². The number of esters is 1. The van der Waals surface area contributed by atoms with Crippen LogP contribution in [0.25, 0.3) is 0 Å². The van der Waals surface area contributed by atoms with E-state index >= 15 is 0 Å². The summed E-state index contributed by atoms with van der Waals surface area (Å²) in [7, 11) is 1.36. The molecule has 2 aromatic carbocycles. The maximum atomic E-state index is 12.3. The number of anilines is 1. The van der Waals surface area contributed by atoms with E-state index in [1.54, 1.807) is 49.4 Å². The van der Waals surface area contributed by atoms with E-state index < -0.39 is 11.5 Å². The van der Waals surface area contributed by atoms with Crippen LogP contribution in [0.2, 0.25) is 10.0 Å². The summed E-state index contributed by atoms with van der Waals surface area (Å²) >= 11 is 11.9. The Balaban J connectivity index is 2.42. The first kappa shape index (κ1) is 15.7. The molecule has 21 heavy (non-hydrogen) atoms. The Morgan fingerprint density at radius 1 is 1.10 bits per heavy atom. The molecule has 0 saturated heterocycles. The van der Waals surface area contributed by atoms with Crippen molar-refractivity contribution in [3.05, 3.63) is 64.1 Å². The van der Waals surface area contributed by atoms with Gasteiger partial charge in [0.15, 0.2) is 5.54 Å². The van der Waals surface area contributed by atoms with Crippen molar-refractivity contribution in [2.75, 3.05) is 12.4 Å². The average Bonchev–Trinajstić information content (AvgIpc) is 2.48. The molecule has 0 saturated carbocycles. The summed E-state index contributed by atoms with van der Waals surface area (Å²) in [6, 6.07) is 14.2. The van der Waals surface area contributed by atoms with Gasteiger partial charge in [0.2, 0.25) is 0 Å². The lowest BCUT2D eigenvalue weighted by Gasteiger charge is -2.29. The molecule has 0 spiro atoms. The van der Waals surface area contributed by atoms with Gasteiger partial charge in [-0.15, -0.1) is 0 Å². The van der Waals surface area contributed by atoms with Crippen LogP contribution in [0.1, 0.15) is 12.5 Å². The summed E-state index contributed by atoms with van der Waals surface area (Å²) in [4.78, 5) is 12.3. The highest BCUT2D eigenvalue weighted by Gasteiger charge is 2.36. The van der Waals surface area contributed by atoms with Gasteiger partial charge in [-0.25, -0.2) is 4.79 Å². The Morgan fingerprint density at radius 2 is 1.76 bits per heavy atom. The Bertz CT molecular complexity index is 643. The zero-order valence-corrected chi connectivity index (χ0v) is 13.2. The molecule has 3 nitrogen and oxygen atoms in total. The van der Waals surface area contributed by atoms with Crippen LogP contribution >= 0.6 is 23.2 Å². The molecule has 0 aliphatic heterocycles. The Labute approximate surface area is 133 Å². The molecule has 2 rings (SSSR count). The summed E-state index contributed by atoms with van der Waals surface area (Å²) in [5, 5.41) is 4.37. The minimum atomic E-state index is -1.05. The van der Waals surface area contributed by atoms with E-state index in [0.717, 1.165) is 11.3 Å². The second-order valence-corrected chi connectivity index (χ2v) is 5.63. The molecule has 0 aliphatic carbocycles. The molecule has 0 fully saturated rings. The molecule has 0 amide bonds. The second-order valence-electron chi connectivity index (χ2n) is 4.76. The van der Waals surface area contributed by atoms with Crippen molar-refractivity contribution in [1.82, 2.24) is 0 Å². The van der Waals surface area contributed by atoms with Crippen molar-refractivity contribution in [1.29, 1.82) is 0 Å². The number of hydrogen-bond acceptors (Lipinski definition) is 3. The largest absolute Gasteiger partial charge is 0.467 e. The molecule has 0 heterocycles. The highest BCUT2D eigenvalue weighted by Crippen LogP contribution is 2.29. The van der Waals surface area contributed by atoms with Gasteiger partial charge in [0, 0.05) is 15.7 Å². The number of halogens is 2. The Hall–Kier alpha value is -1.71. The highest BCUT2D eigenvalue weighted by atomic mass is 35.5. The quantitative estimate of drug-likeness (QED) is 0.842. The van der Waals surface area contributed by atoms with E-state index in [1.807, 2.05) is 6.07 Å². The van der Waals surface area contributed by atoms with E-state index in [0.29, 0.717) is 10.0 Å². The third-order valence-electron chi connectivity index (χ3n) is 3.23. The maximum absolute atomic E-state index is 12.3.